The maximum absolute atomic E-state index is 11.9. The van der Waals surface area contributed by atoms with Crippen molar-refractivity contribution in [1.82, 2.24) is 4.90 Å². The number of rotatable bonds is 1. The van der Waals surface area contributed by atoms with Crippen molar-refractivity contribution in [3.05, 3.63) is 21.9 Å². The minimum atomic E-state index is 0.215. The second-order valence-corrected chi connectivity index (χ2v) is 5.34. The van der Waals surface area contributed by atoms with Crippen LogP contribution < -0.4 is 0 Å². The van der Waals surface area contributed by atoms with Gasteiger partial charge in [-0.2, -0.15) is 0 Å². The Morgan fingerprint density at radius 1 is 1.57 bits per heavy atom. The number of likely N-dealkylation sites (tertiary alicyclic amines) is 1. The Bertz CT molecular complexity index is 345. The maximum Gasteiger partial charge on any atom is 0.263 e. The molecule has 0 saturated carbocycles. The fourth-order valence-electron chi connectivity index (χ4n) is 1.82. The number of thiophene rings is 1. The van der Waals surface area contributed by atoms with Crippen LogP contribution >= 0.6 is 11.3 Å². The second kappa shape index (κ2) is 3.73. The van der Waals surface area contributed by atoms with Crippen molar-refractivity contribution in [2.24, 2.45) is 5.92 Å². The molecule has 1 saturated heterocycles. The van der Waals surface area contributed by atoms with E-state index in [2.05, 4.69) is 6.92 Å². The van der Waals surface area contributed by atoms with Crippen molar-refractivity contribution in [3.8, 4) is 0 Å². The average Bonchev–Trinajstić information content (AvgIpc) is 2.73. The van der Waals surface area contributed by atoms with Gasteiger partial charge < -0.3 is 4.90 Å². The van der Waals surface area contributed by atoms with Crippen molar-refractivity contribution in [1.29, 1.82) is 0 Å². The van der Waals surface area contributed by atoms with Crippen molar-refractivity contribution < 1.29 is 4.79 Å². The summed E-state index contributed by atoms with van der Waals surface area (Å²) in [5.74, 6) is 0.882. The van der Waals surface area contributed by atoms with E-state index in [-0.39, 0.29) is 5.91 Å². The van der Waals surface area contributed by atoms with Crippen molar-refractivity contribution >= 4 is 17.2 Å². The number of aryl methyl sites for hydroxylation is 1. The van der Waals surface area contributed by atoms with Crippen LogP contribution in [0.2, 0.25) is 0 Å². The summed E-state index contributed by atoms with van der Waals surface area (Å²) < 4.78 is 0. The van der Waals surface area contributed by atoms with Crippen molar-refractivity contribution in [2.45, 2.75) is 20.3 Å². The van der Waals surface area contributed by atoms with Crippen LogP contribution in [0.4, 0.5) is 0 Å². The Kier molecular flexibility index (Phi) is 2.59. The minimum Gasteiger partial charge on any atom is -0.338 e. The fourth-order valence-corrected chi connectivity index (χ4v) is 2.66. The van der Waals surface area contributed by atoms with E-state index in [1.54, 1.807) is 11.3 Å². The molecule has 1 aliphatic heterocycles. The lowest BCUT2D eigenvalue weighted by Crippen LogP contribution is -2.27. The van der Waals surface area contributed by atoms with Gasteiger partial charge in [0.15, 0.2) is 0 Å². The molecule has 1 aromatic heterocycles. The molecule has 2 nitrogen and oxygen atoms in total. The van der Waals surface area contributed by atoms with E-state index < -0.39 is 0 Å². The topological polar surface area (TPSA) is 20.3 Å². The van der Waals surface area contributed by atoms with Gasteiger partial charge in [0.1, 0.15) is 0 Å². The molecule has 3 heteroatoms. The van der Waals surface area contributed by atoms with Crippen molar-refractivity contribution in [3.63, 3.8) is 0 Å². The predicted molar refractivity (Wildman–Crippen MR) is 58.7 cm³/mol. The lowest BCUT2D eigenvalue weighted by molar-refractivity contribution is 0.0793. The molecule has 2 heterocycles. The van der Waals surface area contributed by atoms with E-state index in [0.717, 1.165) is 24.4 Å². The van der Waals surface area contributed by atoms with Crippen LogP contribution in [0.25, 0.3) is 0 Å². The van der Waals surface area contributed by atoms with Crippen molar-refractivity contribution in [2.75, 3.05) is 13.1 Å². The molecule has 0 N–H and O–H groups in total. The fraction of sp³-hybridized carbons (Fsp3) is 0.545. The number of carbonyl (C=O) groups is 1. The van der Waals surface area contributed by atoms with Gasteiger partial charge >= 0.3 is 0 Å². The largest absolute Gasteiger partial charge is 0.338 e. The lowest BCUT2D eigenvalue weighted by atomic mass is 10.2. The van der Waals surface area contributed by atoms with Crippen LogP contribution in [-0.2, 0) is 0 Å². The SMILES string of the molecule is Cc1ccc(C(=O)N2CCC(C)C2)s1. The van der Waals surface area contributed by atoms with Gasteiger partial charge in [0, 0.05) is 18.0 Å². The standard InChI is InChI=1S/C11H15NOS/c1-8-5-6-12(7-8)11(13)10-4-3-9(2)14-10/h3-4,8H,5-7H2,1-2H3. The molecule has 1 unspecified atom stereocenters. The highest BCUT2D eigenvalue weighted by molar-refractivity contribution is 7.13. The molecule has 0 aliphatic carbocycles. The van der Waals surface area contributed by atoms with E-state index >= 15 is 0 Å². The normalized spacial score (nSPS) is 21.6. The van der Waals surface area contributed by atoms with Crippen LogP contribution in [0.5, 0.6) is 0 Å². The zero-order chi connectivity index (χ0) is 10.1. The van der Waals surface area contributed by atoms with Gasteiger partial charge in [0.05, 0.1) is 4.88 Å². The molecule has 0 radical (unpaired) electrons. The van der Waals surface area contributed by atoms with E-state index in [1.165, 1.54) is 4.88 Å². The lowest BCUT2D eigenvalue weighted by Gasteiger charge is -2.14. The third-order valence-electron chi connectivity index (χ3n) is 2.66. The molecule has 1 aromatic rings. The molecule has 0 bridgehead atoms. The van der Waals surface area contributed by atoms with Gasteiger partial charge in [-0.15, -0.1) is 11.3 Å². The second-order valence-electron chi connectivity index (χ2n) is 4.06. The molecule has 1 atom stereocenters. The first-order chi connectivity index (χ1) is 6.66. The summed E-state index contributed by atoms with van der Waals surface area (Å²) >= 11 is 1.59. The summed E-state index contributed by atoms with van der Waals surface area (Å²) in [6.45, 7) is 6.09. The van der Waals surface area contributed by atoms with Gasteiger partial charge in [0.25, 0.3) is 5.91 Å². The van der Waals surface area contributed by atoms with Gasteiger partial charge in [0.2, 0.25) is 0 Å². The smallest absolute Gasteiger partial charge is 0.263 e. The predicted octanol–water partition coefficient (Wildman–Crippen LogP) is 2.54. The Balaban J connectivity index is 2.09. The molecular weight excluding hydrogens is 194 g/mol. The van der Waals surface area contributed by atoms with Crippen LogP contribution in [0.1, 0.15) is 27.9 Å². The van der Waals surface area contributed by atoms with Gasteiger partial charge in [-0.25, -0.2) is 0 Å². The summed E-state index contributed by atoms with van der Waals surface area (Å²) in [6.07, 6.45) is 1.15. The Labute approximate surface area is 88.5 Å². The number of nitrogens with zero attached hydrogens (tertiary/aromatic N) is 1. The summed E-state index contributed by atoms with van der Waals surface area (Å²) in [5, 5.41) is 0. The zero-order valence-corrected chi connectivity index (χ0v) is 9.43. The van der Waals surface area contributed by atoms with Gasteiger partial charge in [-0.05, 0) is 31.4 Å². The van der Waals surface area contributed by atoms with Crippen LogP contribution in [0, 0.1) is 12.8 Å². The van der Waals surface area contributed by atoms with E-state index in [1.807, 2.05) is 24.0 Å². The third-order valence-corrected chi connectivity index (χ3v) is 3.65. The maximum atomic E-state index is 11.9. The first kappa shape index (κ1) is 9.71. The molecule has 76 valence electrons. The minimum absolute atomic E-state index is 0.215. The van der Waals surface area contributed by atoms with Crippen LogP contribution in [-0.4, -0.2) is 23.9 Å². The van der Waals surface area contributed by atoms with Crippen LogP contribution in [0.3, 0.4) is 0 Å². The first-order valence-electron chi connectivity index (χ1n) is 5.02. The molecule has 1 fully saturated rings. The average molecular weight is 209 g/mol. The Morgan fingerprint density at radius 3 is 2.86 bits per heavy atom. The summed E-state index contributed by atoms with van der Waals surface area (Å²) in [6, 6.07) is 3.95. The molecule has 0 spiro atoms. The molecular formula is C11H15NOS. The number of hydrogen-bond donors (Lipinski definition) is 0. The van der Waals surface area contributed by atoms with E-state index in [0.29, 0.717) is 5.92 Å². The highest BCUT2D eigenvalue weighted by Gasteiger charge is 2.24. The highest BCUT2D eigenvalue weighted by atomic mass is 32.1. The Hall–Kier alpha value is -0.830. The monoisotopic (exact) mass is 209 g/mol. The van der Waals surface area contributed by atoms with Crippen LogP contribution in [0.15, 0.2) is 12.1 Å². The van der Waals surface area contributed by atoms with E-state index in [4.69, 9.17) is 0 Å². The first-order valence-corrected chi connectivity index (χ1v) is 5.84. The molecule has 2 rings (SSSR count). The summed E-state index contributed by atoms with van der Waals surface area (Å²) in [4.78, 5) is 16.0. The number of hydrogen-bond acceptors (Lipinski definition) is 2. The molecule has 1 amide bonds. The highest BCUT2D eigenvalue weighted by Crippen LogP contribution is 2.21. The quantitative estimate of drug-likeness (QED) is 0.696. The van der Waals surface area contributed by atoms with Gasteiger partial charge in [-0.3, -0.25) is 4.79 Å². The molecule has 0 aromatic carbocycles. The number of amides is 1. The summed E-state index contributed by atoms with van der Waals surface area (Å²) in [5.41, 5.74) is 0. The molecule has 14 heavy (non-hydrogen) atoms. The third kappa shape index (κ3) is 1.82. The number of carbonyl (C=O) groups excluding carboxylic acids is 1. The summed E-state index contributed by atoms with van der Waals surface area (Å²) in [7, 11) is 0. The Morgan fingerprint density at radius 2 is 2.36 bits per heavy atom. The zero-order valence-electron chi connectivity index (χ0n) is 8.62. The van der Waals surface area contributed by atoms with E-state index in [9.17, 15) is 4.79 Å². The molecule has 1 aliphatic rings. The van der Waals surface area contributed by atoms with Gasteiger partial charge in [-0.1, -0.05) is 6.92 Å².